The van der Waals surface area contributed by atoms with Crippen molar-refractivity contribution in [3.05, 3.63) is 34.3 Å². The molecule has 2 rings (SSSR count). The summed E-state index contributed by atoms with van der Waals surface area (Å²) >= 11 is 3.42. The van der Waals surface area contributed by atoms with Crippen molar-refractivity contribution in [1.82, 2.24) is 15.0 Å². The monoisotopic (exact) mass is 352 g/mol. The predicted molar refractivity (Wildman–Crippen MR) is 83.6 cm³/mol. The second-order valence-corrected chi connectivity index (χ2v) is 5.19. The first-order valence-corrected chi connectivity index (χ1v) is 7.41. The average Bonchev–Trinajstić information content (AvgIpc) is 2.51. The Balaban J connectivity index is 2.07. The Morgan fingerprint density at radius 3 is 2.71 bits per heavy atom. The Morgan fingerprint density at radius 1 is 1.19 bits per heavy atom. The highest BCUT2D eigenvalue weighted by Gasteiger charge is 2.08. The van der Waals surface area contributed by atoms with Gasteiger partial charge in [-0.25, -0.2) is 0 Å². The van der Waals surface area contributed by atoms with Gasteiger partial charge in [-0.2, -0.15) is 9.97 Å². The van der Waals surface area contributed by atoms with Gasteiger partial charge in [0.1, 0.15) is 6.61 Å². The van der Waals surface area contributed by atoms with E-state index in [1.54, 1.807) is 0 Å². The molecule has 0 aliphatic heterocycles. The average molecular weight is 353 g/mol. The second-order valence-electron chi connectivity index (χ2n) is 4.27. The van der Waals surface area contributed by atoms with Gasteiger partial charge in [-0.05, 0) is 24.1 Å². The lowest BCUT2D eigenvalue weighted by atomic mass is 10.2. The molecule has 2 aromatic rings. The Bertz CT molecular complexity index is 595. The fourth-order valence-electron chi connectivity index (χ4n) is 1.58. The van der Waals surface area contributed by atoms with Gasteiger partial charge in [0.15, 0.2) is 0 Å². The SMILES string of the molecule is CCCNc1nc(OC)nc(OCc2cccc(Br)c2)n1. The van der Waals surface area contributed by atoms with E-state index >= 15 is 0 Å². The van der Waals surface area contributed by atoms with Crippen molar-refractivity contribution in [3.8, 4) is 12.0 Å². The van der Waals surface area contributed by atoms with E-state index in [0.717, 1.165) is 23.0 Å². The van der Waals surface area contributed by atoms with Gasteiger partial charge >= 0.3 is 12.0 Å². The lowest BCUT2D eigenvalue weighted by Gasteiger charge is -2.08. The maximum Gasteiger partial charge on any atom is 0.324 e. The van der Waals surface area contributed by atoms with Crippen molar-refractivity contribution >= 4 is 21.9 Å². The van der Waals surface area contributed by atoms with Crippen LogP contribution in [-0.2, 0) is 6.61 Å². The van der Waals surface area contributed by atoms with Gasteiger partial charge in [-0.1, -0.05) is 35.0 Å². The molecule has 0 unspecified atom stereocenters. The van der Waals surface area contributed by atoms with Crippen LogP contribution in [0.25, 0.3) is 0 Å². The topological polar surface area (TPSA) is 69.2 Å². The molecule has 1 N–H and O–H groups in total. The van der Waals surface area contributed by atoms with Gasteiger partial charge in [0.05, 0.1) is 7.11 Å². The number of benzene rings is 1. The van der Waals surface area contributed by atoms with Crippen LogP contribution >= 0.6 is 15.9 Å². The standard InChI is InChI=1S/C14H17BrN4O2/c1-3-7-16-12-17-13(20-2)19-14(18-12)21-9-10-5-4-6-11(15)8-10/h4-6,8H,3,7,9H2,1-2H3,(H,16,17,18,19). The van der Waals surface area contributed by atoms with E-state index in [2.05, 4.69) is 43.1 Å². The Labute approximate surface area is 132 Å². The fourth-order valence-corrected chi connectivity index (χ4v) is 2.03. The van der Waals surface area contributed by atoms with Crippen molar-refractivity contribution in [1.29, 1.82) is 0 Å². The quantitative estimate of drug-likeness (QED) is 0.825. The van der Waals surface area contributed by atoms with Crippen LogP contribution in [0.15, 0.2) is 28.7 Å². The number of halogens is 1. The summed E-state index contributed by atoms with van der Waals surface area (Å²) in [6.07, 6.45) is 0.974. The third-order valence-corrected chi connectivity index (χ3v) is 3.06. The second kappa shape index (κ2) is 7.78. The summed E-state index contributed by atoms with van der Waals surface area (Å²) < 4.78 is 11.7. The summed E-state index contributed by atoms with van der Waals surface area (Å²) in [6.45, 7) is 3.22. The van der Waals surface area contributed by atoms with Crippen molar-refractivity contribution in [3.63, 3.8) is 0 Å². The lowest BCUT2D eigenvalue weighted by Crippen LogP contribution is -2.09. The van der Waals surface area contributed by atoms with E-state index in [1.807, 2.05) is 24.3 Å². The molecular weight excluding hydrogens is 336 g/mol. The number of hydrogen-bond donors (Lipinski definition) is 1. The minimum atomic E-state index is 0.229. The Kier molecular flexibility index (Phi) is 5.74. The molecule has 0 fully saturated rings. The first-order chi connectivity index (χ1) is 10.2. The van der Waals surface area contributed by atoms with Crippen LogP contribution in [0, 0.1) is 0 Å². The van der Waals surface area contributed by atoms with Crippen LogP contribution in [0.4, 0.5) is 5.95 Å². The van der Waals surface area contributed by atoms with Crippen LogP contribution in [0.5, 0.6) is 12.0 Å². The number of methoxy groups -OCH3 is 1. The molecule has 1 aromatic carbocycles. The van der Waals surface area contributed by atoms with Gasteiger partial charge in [0, 0.05) is 11.0 Å². The molecular formula is C14H17BrN4O2. The molecule has 6 nitrogen and oxygen atoms in total. The molecule has 21 heavy (non-hydrogen) atoms. The highest BCUT2D eigenvalue weighted by Crippen LogP contribution is 2.16. The molecule has 0 saturated carbocycles. The number of anilines is 1. The lowest BCUT2D eigenvalue weighted by molar-refractivity contribution is 0.271. The highest BCUT2D eigenvalue weighted by atomic mass is 79.9. The summed E-state index contributed by atoms with van der Waals surface area (Å²) in [7, 11) is 1.51. The summed E-state index contributed by atoms with van der Waals surface area (Å²) in [6, 6.07) is 8.33. The normalized spacial score (nSPS) is 10.2. The number of rotatable bonds is 7. The summed E-state index contributed by atoms with van der Waals surface area (Å²) in [4.78, 5) is 12.4. The summed E-state index contributed by atoms with van der Waals surface area (Å²) in [5.41, 5.74) is 1.02. The van der Waals surface area contributed by atoms with E-state index < -0.39 is 0 Å². The van der Waals surface area contributed by atoms with Gasteiger partial charge in [-0.3, -0.25) is 0 Å². The number of ether oxygens (including phenoxy) is 2. The van der Waals surface area contributed by atoms with E-state index in [1.165, 1.54) is 7.11 Å². The van der Waals surface area contributed by atoms with Crippen LogP contribution in [0.2, 0.25) is 0 Å². The van der Waals surface area contributed by atoms with E-state index in [4.69, 9.17) is 9.47 Å². The minimum Gasteiger partial charge on any atom is -0.467 e. The first kappa shape index (κ1) is 15.5. The molecule has 0 spiro atoms. The molecule has 0 aliphatic carbocycles. The number of nitrogens with zero attached hydrogens (tertiary/aromatic N) is 3. The third-order valence-electron chi connectivity index (χ3n) is 2.57. The van der Waals surface area contributed by atoms with Crippen LogP contribution in [0.3, 0.4) is 0 Å². The molecule has 7 heteroatoms. The van der Waals surface area contributed by atoms with Crippen molar-refractivity contribution in [2.75, 3.05) is 19.0 Å². The molecule has 0 radical (unpaired) electrons. The number of nitrogens with one attached hydrogen (secondary N) is 1. The minimum absolute atomic E-state index is 0.229. The number of hydrogen-bond acceptors (Lipinski definition) is 6. The van der Waals surface area contributed by atoms with E-state index in [-0.39, 0.29) is 12.0 Å². The van der Waals surface area contributed by atoms with Gasteiger partial charge in [0.25, 0.3) is 0 Å². The predicted octanol–water partition coefficient (Wildman–Crippen LogP) is 3.04. The summed E-state index contributed by atoms with van der Waals surface area (Å²) in [5.74, 6) is 0.452. The largest absolute Gasteiger partial charge is 0.467 e. The Morgan fingerprint density at radius 2 is 2.00 bits per heavy atom. The molecule has 1 heterocycles. The van der Waals surface area contributed by atoms with E-state index in [9.17, 15) is 0 Å². The molecule has 0 aliphatic rings. The van der Waals surface area contributed by atoms with Crippen molar-refractivity contribution in [2.45, 2.75) is 20.0 Å². The molecule has 0 bridgehead atoms. The van der Waals surface area contributed by atoms with Crippen molar-refractivity contribution < 1.29 is 9.47 Å². The fraction of sp³-hybridized carbons (Fsp3) is 0.357. The van der Waals surface area contributed by atoms with Crippen molar-refractivity contribution in [2.24, 2.45) is 0 Å². The maximum absolute atomic E-state index is 5.61. The smallest absolute Gasteiger partial charge is 0.324 e. The molecule has 0 atom stereocenters. The van der Waals surface area contributed by atoms with E-state index in [0.29, 0.717) is 12.6 Å². The van der Waals surface area contributed by atoms with Crippen LogP contribution < -0.4 is 14.8 Å². The molecule has 0 saturated heterocycles. The maximum atomic E-state index is 5.61. The zero-order chi connectivity index (χ0) is 15.1. The third kappa shape index (κ3) is 4.86. The van der Waals surface area contributed by atoms with Gasteiger partial charge < -0.3 is 14.8 Å². The summed E-state index contributed by atoms with van der Waals surface area (Å²) in [5, 5.41) is 3.09. The zero-order valence-electron chi connectivity index (χ0n) is 12.0. The number of aromatic nitrogens is 3. The molecule has 112 valence electrons. The first-order valence-electron chi connectivity index (χ1n) is 6.62. The zero-order valence-corrected chi connectivity index (χ0v) is 13.6. The molecule has 1 aromatic heterocycles. The van der Waals surface area contributed by atoms with Crippen LogP contribution in [0.1, 0.15) is 18.9 Å². The van der Waals surface area contributed by atoms with Gasteiger partial charge in [-0.15, -0.1) is 4.98 Å². The van der Waals surface area contributed by atoms with Gasteiger partial charge in [0.2, 0.25) is 5.95 Å². The highest BCUT2D eigenvalue weighted by molar-refractivity contribution is 9.10. The Hall–Kier alpha value is -1.89. The van der Waals surface area contributed by atoms with Crippen LogP contribution in [-0.4, -0.2) is 28.6 Å². The molecule has 0 amide bonds.